The number of rotatable bonds is 13. The van der Waals surface area contributed by atoms with Crippen LogP contribution in [0.25, 0.3) is 0 Å². The van der Waals surface area contributed by atoms with Crippen LogP contribution >= 0.6 is 0 Å². The van der Waals surface area contributed by atoms with Crippen LogP contribution in [0, 0.1) is 11.7 Å². The molecule has 1 atom stereocenters. The van der Waals surface area contributed by atoms with Gasteiger partial charge >= 0.3 is 11.9 Å². The molecule has 0 bridgehead atoms. The molecule has 0 saturated carbocycles. The average Bonchev–Trinajstić information content (AvgIpc) is 3.14. The zero-order valence-electron chi connectivity index (χ0n) is 20.9. The number of amides is 2. The second-order valence-electron chi connectivity index (χ2n) is 8.64. The molecule has 0 fully saturated rings. The van der Waals surface area contributed by atoms with Crippen molar-refractivity contribution in [2.45, 2.75) is 52.0 Å². The summed E-state index contributed by atoms with van der Waals surface area (Å²) in [6, 6.07) is 11.0. The lowest BCUT2D eigenvalue weighted by Crippen LogP contribution is -2.40. The molecule has 1 aliphatic heterocycles. The van der Waals surface area contributed by atoms with E-state index in [1.165, 1.54) is 24.3 Å². The molecule has 2 aromatic carbocycles. The van der Waals surface area contributed by atoms with Gasteiger partial charge < -0.3 is 9.47 Å². The molecule has 0 spiro atoms. The molecular weight excluding hydrogens is 481 g/mol. The number of benzene rings is 2. The van der Waals surface area contributed by atoms with Crippen LogP contribution in [0.4, 0.5) is 4.39 Å². The molecule has 3 rings (SSSR count). The van der Waals surface area contributed by atoms with Crippen molar-refractivity contribution in [3.63, 3.8) is 0 Å². The Kier molecular flexibility index (Phi) is 9.65. The fourth-order valence-corrected chi connectivity index (χ4v) is 4.40. The summed E-state index contributed by atoms with van der Waals surface area (Å²) in [4.78, 5) is 64.8. The third kappa shape index (κ3) is 6.67. The Bertz CT molecular complexity index is 1110. The van der Waals surface area contributed by atoms with E-state index in [1.54, 1.807) is 38.1 Å². The normalized spacial score (nSPS) is 13.5. The molecule has 0 radical (unpaired) electrons. The molecule has 196 valence electrons. The van der Waals surface area contributed by atoms with Crippen molar-refractivity contribution in [2.24, 2.45) is 5.92 Å². The second kappa shape index (κ2) is 12.9. The maximum absolute atomic E-state index is 13.2. The average molecular weight is 512 g/mol. The Balaban J connectivity index is 1.76. The van der Waals surface area contributed by atoms with Gasteiger partial charge in [-0.1, -0.05) is 12.1 Å². The summed E-state index contributed by atoms with van der Waals surface area (Å²) >= 11 is 0. The fraction of sp³-hybridized carbons (Fsp3) is 0.393. The maximum Gasteiger partial charge on any atom is 0.320 e. The minimum Gasteiger partial charge on any atom is -0.465 e. The lowest BCUT2D eigenvalue weighted by Gasteiger charge is -2.26. The van der Waals surface area contributed by atoms with Crippen molar-refractivity contribution in [1.82, 2.24) is 4.90 Å². The molecule has 0 saturated heterocycles. The van der Waals surface area contributed by atoms with E-state index < -0.39 is 41.5 Å². The molecule has 1 heterocycles. The highest BCUT2D eigenvalue weighted by molar-refractivity contribution is 6.21. The van der Waals surface area contributed by atoms with Crippen LogP contribution in [0.2, 0.25) is 0 Å². The Hall–Kier alpha value is -3.88. The molecule has 37 heavy (non-hydrogen) atoms. The SMILES string of the molecule is CCOC(=O)C(CCCC(CCC(=O)c1ccc(F)cc1)N1C(=O)c2ccccc2C1=O)C(=O)OCC. The van der Waals surface area contributed by atoms with Gasteiger partial charge in [-0.25, -0.2) is 4.39 Å². The molecule has 0 N–H and O–H groups in total. The molecule has 1 unspecified atom stereocenters. The van der Waals surface area contributed by atoms with Crippen LogP contribution in [-0.4, -0.2) is 53.7 Å². The Labute approximate surface area is 214 Å². The van der Waals surface area contributed by atoms with Crippen LogP contribution in [0.1, 0.15) is 77.0 Å². The van der Waals surface area contributed by atoms with Crippen LogP contribution in [0.15, 0.2) is 48.5 Å². The topological polar surface area (TPSA) is 107 Å². The molecule has 0 aliphatic carbocycles. The van der Waals surface area contributed by atoms with Gasteiger partial charge in [-0.05, 0) is 75.9 Å². The second-order valence-corrected chi connectivity index (χ2v) is 8.64. The van der Waals surface area contributed by atoms with Crippen LogP contribution in [0.5, 0.6) is 0 Å². The van der Waals surface area contributed by atoms with Gasteiger partial charge in [0.15, 0.2) is 11.7 Å². The van der Waals surface area contributed by atoms with E-state index in [4.69, 9.17) is 9.47 Å². The van der Waals surface area contributed by atoms with E-state index in [2.05, 4.69) is 0 Å². The monoisotopic (exact) mass is 511 g/mol. The number of ether oxygens (including phenoxy) is 2. The Morgan fingerprint density at radius 2 is 1.35 bits per heavy atom. The van der Waals surface area contributed by atoms with Crippen LogP contribution in [0.3, 0.4) is 0 Å². The molecule has 2 aromatic rings. The number of ketones is 1. The number of hydrogen-bond acceptors (Lipinski definition) is 7. The smallest absolute Gasteiger partial charge is 0.320 e. The number of nitrogens with zero attached hydrogens (tertiary/aromatic N) is 1. The quantitative estimate of drug-likeness (QED) is 0.170. The molecular formula is C28H30FNO7. The third-order valence-corrected chi connectivity index (χ3v) is 6.23. The van der Waals surface area contributed by atoms with Gasteiger partial charge in [0, 0.05) is 18.0 Å². The van der Waals surface area contributed by atoms with E-state index in [0.717, 1.165) is 4.90 Å². The molecule has 0 aromatic heterocycles. The third-order valence-electron chi connectivity index (χ3n) is 6.23. The first kappa shape index (κ1) is 27.7. The zero-order valence-corrected chi connectivity index (χ0v) is 20.9. The van der Waals surface area contributed by atoms with Gasteiger partial charge in [0.1, 0.15) is 5.82 Å². The van der Waals surface area contributed by atoms with Crippen molar-refractivity contribution < 1.29 is 37.8 Å². The highest BCUT2D eigenvalue weighted by atomic mass is 19.1. The maximum atomic E-state index is 13.2. The van der Waals surface area contributed by atoms with E-state index >= 15 is 0 Å². The number of fused-ring (bicyclic) bond motifs is 1. The predicted octanol–water partition coefficient (Wildman–Crippen LogP) is 4.37. The van der Waals surface area contributed by atoms with Gasteiger partial charge in [0.05, 0.1) is 24.3 Å². The number of esters is 2. The van der Waals surface area contributed by atoms with E-state index in [1.807, 2.05) is 0 Å². The van der Waals surface area contributed by atoms with Crippen molar-refractivity contribution in [3.8, 4) is 0 Å². The van der Waals surface area contributed by atoms with Crippen LogP contribution < -0.4 is 0 Å². The Morgan fingerprint density at radius 3 is 1.86 bits per heavy atom. The van der Waals surface area contributed by atoms with Crippen molar-refractivity contribution in [3.05, 3.63) is 71.0 Å². The number of Topliss-reactive ketones (excluding diaryl/α,β-unsaturated/α-hetero) is 1. The molecule has 9 heteroatoms. The summed E-state index contributed by atoms with van der Waals surface area (Å²) in [6.07, 6.45) is 0.847. The number of carbonyl (C=O) groups excluding carboxylic acids is 5. The largest absolute Gasteiger partial charge is 0.465 e. The number of carbonyl (C=O) groups is 5. The summed E-state index contributed by atoms with van der Waals surface area (Å²) in [5.41, 5.74) is 0.906. The summed E-state index contributed by atoms with van der Waals surface area (Å²) in [7, 11) is 0. The predicted molar refractivity (Wildman–Crippen MR) is 131 cm³/mol. The summed E-state index contributed by atoms with van der Waals surface area (Å²) in [6.45, 7) is 3.49. The minimum atomic E-state index is -1.12. The van der Waals surface area contributed by atoms with Gasteiger partial charge in [-0.15, -0.1) is 0 Å². The lowest BCUT2D eigenvalue weighted by molar-refractivity contribution is -0.162. The van der Waals surface area contributed by atoms with E-state index in [9.17, 15) is 28.4 Å². The summed E-state index contributed by atoms with van der Waals surface area (Å²) in [5, 5.41) is 0. The van der Waals surface area contributed by atoms with Gasteiger partial charge in [-0.2, -0.15) is 0 Å². The first-order valence-corrected chi connectivity index (χ1v) is 12.4. The molecule has 1 aliphatic rings. The minimum absolute atomic E-state index is 0.0168. The zero-order chi connectivity index (χ0) is 26.9. The van der Waals surface area contributed by atoms with Crippen molar-refractivity contribution in [1.29, 1.82) is 0 Å². The van der Waals surface area contributed by atoms with Crippen molar-refractivity contribution >= 4 is 29.5 Å². The number of hydrogen-bond donors (Lipinski definition) is 0. The van der Waals surface area contributed by atoms with Crippen molar-refractivity contribution in [2.75, 3.05) is 13.2 Å². The van der Waals surface area contributed by atoms with E-state index in [0.29, 0.717) is 23.1 Å². The van der Waals surface area contributed by atoms with Gasteiger partial charge in [0.2, 0.25) is 0 Å². The Morgan fingerprint density at radius 1 is 0.811 bits per heavy atom. The first-order chi connectivity index (χ1) is 17.8. The molecule has 8 nitrogen and oxygen atoms in total. The fourth-order valence-electron chi connectivity index (χ4n) is 4.40. The van der Waals surface area contributed by atoms with Gasteiger partial charge in [0.25, 0.3) is 11.8 Å². The van der Waals surface area contributed by atoms with Crippen LogP contribution in [-0.2, 0) is 19.1 Å². The van der Waals surface area contributed by atoms with Gasteiger partial charge in [-0.3, -0.25) is 28.9 Å². The number of halogens is 1. The standard InChI is InChI=1S/C28H30FNO7/c1-3-36-27(34)23(28(35)37-4-2)11-7-8-20(16-17-24(31)18-12-14-19(29)15-13-18)30-25(32)21-9-5-6-10-22(21)26(30)33/h5-6,9-10,12-15,20,23H,3-4,7-8,11,16-17H2,1-2H3. The first-order valence-electron chi connectivity index (χ1n) is 12.4. The lowest BCUT2D eigenvalue weighted by atomic mass is 9.95. The highest BCUT2D eigenvalue weighted by Crippen LogP contribution is 2.29. The summed E-state index contributed by atoms with van der Waals surface area (Å²) < 4.78 is 23.3. The summed E-state index contributed by atoms with van der Waals surface area (Å²) in [5.74, 6) is -4.12. The molecule has 2 amide bonds. The number of imide groups is 1. The van der Waals surface area contributed by atoms with E-state index in [-0.39, 0.29) is 44.7 Å². The highest BCUT2D eigenvalue weighted by Gasteiger charge is 2.40.